The topological polar surface area (TPSA) is 62.9 Å². The van der Waals surface area contributed by atoms with Gasteiger partial charge in [-0.1, -0.05) is 71.5 Å². The Hall–Kier alpha value is -3.11. The molecule has 1 atom stereocenters. The summed E-state index contributed by atoms with van der Waals surface area (Å²) in [6.45, 7) is 0. The maximum absolute atomic E-state index is 10.3. The van der Waals surface area contributed by atoms with E-state index in [1.165, 1.54) is 0 Å². The van der Waals surface area contributed by atoms with Crippen molar-refractivity contribution in [2.75, 3.05) is 10.2 Å². The zero-order valence-electron chi connectivity index (χ0n) is 16.6. The predicted molar refractivity (Wildman–Crippen MR) is 132 cm³/mol. The van der Waals surface area contributed by atoms with Crippen LogP contribution in [0.1, 0.15) is 11.5 Å². The number of hydrogen-bond acceptors (Lipinski definition) is 5. The Balaban J connectivity index is 1.61. The highest BCUT2D eigenvalue weighted by molar-refractivity contribution is 8.04. The van der Waals surface area contributed by atoms with Crippen LogP contribution in [0.3, 0.4) is 0 Å². The summed E-state index contributed by atoms with van der Waals surface area (Å²) in [7, 11) is 0. The number of benzene rings is 3. The second-order valence-corrected chi connectivity index (χ2v) is 10.1. The third kappa shape index (κ3) is 2.90. The van der Waals surface area contributed by atoms with Crippen LogP contribution in [0.15, 0.2) is 104 Å². The van der Waals surface area contributed by atoms with Crippen molar-refractivity contribution in [3.63, 3.8) is 0 Å². The molecule has 0 aromatic heterocycles. The number of nitriles is 1. The fraction of sp³-hybridized carbons (Fsp3) is 0.0400. The molecule has 3 aromatic rings. The quantitative estimate of drug-likeness (QED) is 0.394. The van der Waals surface area contributed by atoms with E-state index in [0.29, 0.717) is 16.4 Å². The number of rotatable bonds is 1. The summed E-state index contributed by atoms with van der Waals surface area (Å²) in [5.41, 5.74) is 4.35. The van der Waals surface area contributed by atoms with Gasteiger partial charge in [-0.05, 0) is 42.0 Å². The van der Waals surface area contributed by atoms with E-state index in [1.807, 2.05) is 71.6 Å². The summed E-state index contributed by atoms with van der Waals surface area (Å²) in [6, 6.07) is 26.2. The molecule has 3 heterocycles. The van der Waals surface area contributed by atoms with Crippen LogP contribution in [-0.4, -0.2) is 5.84 Å². The standard InChI is InChI=1S/C25H15ClN4S2/c26-15-11-9-14(10-12-15)21-16(13-27)25-30(18-6-2-4-8-20(18)32-25)23(28)22(21)24-29-17-5-1-3-7-19(17)31-24/h1-12,21,28-29H/b24-22+,28-23?. The monoisotopic (exact) mass is 470 g/mol. The fourth-order valence-electron chi connectivity index (χ4n) is 4.29. The normalized spacial score (nSPS) is 21.1. The molecule has 1 unspecified atom stereocenters. The number of para-hydroxylation sites is 2. The molecule has 4 nitrogen and oxygen atoms in total. The Morgan fingerprint density at radius 2 is 1.66 bits per heavy atom. The highest BCUT2D eigenvalue weighted by atomic mass is 35.5. The number of thioether (sulfide) groups is 2. The van der Waals surface area contributed by atoms with Gasteiger partial charge in [-0.2, -0.15) is 5.26 Å². The first-order valence-corrected chi connectivity index (χ1v) is 12.0. The third-order valence-corrected chi connectivity index (χ3v) is 8.23. The van der Waals surface area contributed by atoms with Gasteiger partial charge in [0.1, 0.15) is 10.9 Å². The van der Waals surface area contributed by atoms with Gasteiger partial charge in [-0.3, -0.25) is 10.3 Å². The van der Waals surface area contributed by atoms with Gasteiger partial charge in [0.15, 0.2) is 0 Å². The molecule has 3 aromatic carbocycles. The molecule has 0 bridgehead atoms. The molecule has 0 aliphatic carbocycles. The van der Waals surface area contributed by atoms with Gasteiger partial charge < -0.3 is 5.32 Å². The first-order chi connectivity index (χ1) is 15.7. The van der Waals surface area contributed by atoms with E-state index < -0.39 is 0 Å². The predicted octanol–water partition coefficient (Wildman–Crippen LogP) is 7.19. The van der Waals surface area contributed by atoms with Crippen molar-refractivity contribution in [1.29, 1.82) is 10.7 Å². The number of nitrogens with zero attached hydrogens (tertiary/aromatic N) is 2. The van der Waals surface area contributed by atoms with Gasteiger partial charge in [-0.25, -0.2) is 0 Å². The van der Waals surface area contributed by atoms with Crippen LogP contribution >= 0.6 is 35.1 Å². The molecule has 0 saturated heterocycles. The van der Waals surface area contributed by atoms with Crippen LogP contribution in [0.5, 0.6) is 0 Å². The summed E-state index contributed by atoms with van der Waals surface area (Å²) in [5.74, 6) is 0.0290. The summed E-state index contributed by atoms with van der Waals surface area (Å²) in [5, 5.41) is 25.5. The molecule has 0 amide bonds. The molecule has 2 N–H and O–H groups in total. The lowest BCUT2D eigenvalue weighted by molar-refractivity contribution is 0.940. The number of fused-ring (bicyclic) bond motifs is 4. The highest BCUT2D eigenvalue weighted by Gasteiger charge is 2.44. The number of halogens is 1. The Bertz CT molecular complexity index is 1370. The van der Waals surface area contributed by atoms with Crippen LogP contribution in [-0.2, 0) is 0 Å². The van der Waals surface area contributed by atoms with Gasteiger partial charge in [0, 0.05) is 20.4 Å². The van der Waals surface area contributed by atoms with Gasteiger partial charge in [0.25, 0.3) is 0 Å². The number of hydrogen-bond donors (Lipinski definition) is 2. The zero-order valence-corrected chi connectivity index (χ0v) is 19.0. The van der Waals surface area contributed by atoms with Crippen molar-refractivity contribution in [3.05, 3.63) is 105 Å². The van der Waals surface area contributed by atoms with Crippen LogP contribution < -0.4 is 10.2 Å². The van der Waals surface area contributed by atoms with Crippen LogP contribution in [0.25, 0.3) is 0 Å². The second kappa shape index (κ2) is 7.49. The van der Waals surface area contributed by atoms with Gasteiger partial charge >= 0.3 is 0 Å². The van der Waals surface area contributed by atoms with E-state index in [2.05, 4.69) is 17.5 Å². The van der Waals surface area contributed by atoms with Crippen LogP contribution in [0.4, 0.5) is 11.4 Å². The first kappa shape index (κ1) is 19.6. The molecule has 3 aliphatic heterocycles. The van der Waals surface area contributed by atoms with Gasteiger partial charge in [0.05, 0.1) is 34.0 Å². The lowest BCUT2D eigenvalue weighted by Gasteiger charge is -2.35. The van der Waals surface area contributed by atoms with E-state index in [0.717, 1.165) is 42.4 Å². The molecule has 3 aliphatic rings. The second-order valence-electron chi connectivity index (χ2n) is 7.54. The minimum absolute atomic E-state index is 0.359. The average molecular weight is 471 g/mol. The molecule has 0 spiro atoms. The van der Waals surface area contributed by atoms with Crippen LogP contribution in [0, 0.1) is 16.7 Å². The van der Waals surface area contributed by atoms with Crippen molar-refractivity contribution in [2.24, 2.45) is 0 Å². The third-order valence-electron chi connectivity index (χ3n) is 5.72. The highest BCUT2D eigenvalue weighted by Crippen LogP contribution is 2.56. The molecule has 0 saturated carbocycles. The largest absolute Gasteiger partial charge is 0.349 e. The average Bonchev–Trinajstić information content (AvgIpc) is 3.41. The molecular weight excluding hydrogens is 456 g/mol. The SMILES string of the molecule is N#CC1=C2Sc3ccccc3N2C(=N)/C(=C2\Nc3ccccc3S2)C1c1ccc(Cl)cc1. The van der Waals surface area contributed by atoms with Crippen molar-refractivity contribution in [1.82, 2.24) is 0 Å². The summed E-state index contributed by atoms with van der Waals surface area (Å²) < 4.78 is 0. The number of allylic oxidation sites excluding steroid dienone is 1. The minimum atomic E-state index is -0.359. The lowest BCUT2D eigenvalue weighted by Crippen LogP contribution is -2.37. The zero-order chi connectivity index (χ0) is 21.8. The Morgan fingerprint density at radius 1 is 0.938 bits per heavy atom. The molecule has 154 valence electrons. The van der Waals surface area contributed by atoms with E-state index in [9.17, 15) is 10.7 Å². The molecule has 6 rings (SSSR count). The Labute approximate surface area is 199 Å². The van der Waals surface area contributed by atoms with E-state index in [-0.39, 0.29) is 5.92 Å². The van der Waals surface area contributed by atoms with Crippen molar-refractivity contribution >= 4 is 52.3 Å². The fourth-order valence-corrected chi connectivity index (χ4v) is 6.67. The summed E-state index contributed by atoms with van der Waals surface area (Å²) >= 11 is 9.33. The molecule has 0 fully saturated rings. The Morgan fingerprint density at radius 3 is 2.41 bits per heavy atom. The van der Waals surface area contributed by atoms with Crippen molar-refractivity contribution < 1.29 is 0 Å². The number of anilines is 2. The number of nitrogens with one attached hydrogen (secondary N) is 2. The van der Waals surface area contributed by atoms with E-state index >= 15 is 0 Å². The molecular formula is C25H15ClN4S2. The number of amidine groups is 1. The first-order valence-electron chi connectivity index (χ1n) is 9.99. The molecule has 0 radical (unpaired) electrons. The smallest absolute Gasteiger partial charge is 0.137 e. The summed E-state index contributed by atoms with van der Waals surface area (Å²) in [4.78, 5) is 4.08. The maximum Gasteiger partial charge on any atom is 0.137 e. The van der Waals surface area contributed by atoms with E-state index in [1.54, 1.807) is 23.5 Å². The molecule has 7 heteroatoms. The molecule has 32 heavy (non-hydrogen) atoms. The van der Waals surface area contributed by atoms with Crippen molar-refractivity contribution in [3.8, 4) is 6.07 Å². The van der Waals surface area contributed by atoms with Crippen LogP contribution in [0.2, 0.25) is 5.02 Å². The lowest BCUT2D eigenvalue weighted by atomic mass is 9.82. The van der Waals surface area contributed by atoms with E-state index in [4.69, 9.17) is 11.6 Å². The minimum Gasteiger partial charge on any atom is -0.349 e. The van der Waals surface area contributed by atoms with Crippen molar-refractivity contribution in [2.45, 2.75) is 15.7 Å². The maximum atomic E-state index is 10.3. The summed E-state index contributed by atoms with van der Waals surface area (Å²) in [6.07, 6.45) is 0. The Kier molecular flexibility index (Phi) is 4.58. The van der Waals surface area contributed by atoms with Gasteiger partial charge in [0.2, 0.25) is 0 Å². The van der Waals surface area contributed by atoms with Gasteiger partial charge in [-0.15, -0.1) is 0 Å².